The molecule has 0 aromatic heterocycles. The average molecular weight is 455 g/mol. The minimum absolute atomic E-state index is 0.154. The molecule has 4 nitrogen and oxygen atoms in total. The van der Waals surface area contributed by atoms with Crippen LogP contribution in [-0.2, 0) is 22.5 Å². The molecule has 1 atom stereocenters. The number of hydrogen-bond acceptors (Lipinski definition) is 3. The van der Waals surface area contributed by atoms with Crippen molar-refractivity contribution in [3.8, 4) is 5.75 Å². The molecule has 0 aliphatic carbocycles. The number of ether oxygens (including phenoxy) is 2. The summed E-state index contributed by atoms with van der Waals surface area (Å²) in [7, 11) is 4.18. The number of esters is 1. The van der Waals surface area contributed by atoms with Crippen molar-refractivity contribution in [2.45, 2.75) is 77.8 Å². The van der Waals surface area contributed by atoms with E-state index < -0.39 is 0 Å². The van der Waals surface area contributed by atoms with Gasteiger partial charge in [-0.1, -0.05) is 88.4 Å². The van der Waals surface area contributed by atoms with Gasteiger partial charge in [-0.05, 0) is 30.5 Å². The summed E-state index contributed by atoms with van der Waals surface area (Å²) in [6.07, 6.45) is 9.65. The quantitative estimate of drug-likeness (QED) is 0.163. The molecule has 0 aliphatic rings. The molecule has 1 unspecified atom stereocenters. The van der Waals surface area contributed by atoms with Crippen molar-refractivity contribution in [3.63, 3.8) is 0 Å². The van der Waals surface area contributed by atoms with E-state index in [0.29, 0.717) is 11.1 Å². The summed E-state index contributed by atoms with van der Waals surface area (Å²) in [5, 5.41) is 0. The van der Waals surface area contributed by atoms with Gasteiger partial charge in [-0.25, -0.2) is 4.79 Å². The molecule has 0 radical (unpaired) electrons. The van der Waals surface area contributed by atoms with Crippen molar-refractivity contribution in [3.05, 3.63) is 65.7 Å². The van der Waals surface area contributed by atoms with Crippen LogP contribution in [0.3, 0.4) is 0 Å². The van der Waals surface area contributed by atoms with Gasteiger partial charge in [-0.3, -0.25) is 0 Å². The Morgan fingerprint density at radius 1 is 0.848 bits per heavy atom. The molecule has 4 heteroatoms. The van der Waals surface area contributed by atoms with Crippen LogP contribution >= 0.6 is 0 Å². The Morgan fingerprint density at radius 3 is 2.27 bits per heavy atom. The first-order valence-corrected chi connectivity index (χ1v) is 12.7. The van der Waals surface area contributed by atoms with Crippen LogP contribution in [-0.4, -0.2) is 43.8 Å². The molecule has 0 N–H and O–H groups in total. The largest absolute Gasteiger partial charge is 0.490 e. The predicted octanol–water partition coefficient (Wildman–Crippen LogP) is 6.57. The average Bonchev–Trinajstić information content (AvgIpc) is 2.80. The molecular weight excluding hydrogens is 410 g/mol. The number of carbonyl (C=O) groups excluding carboxylic acids is 1. The van der Waals surface area contributed by atoms with Crippen LogP contribution in [0, 0.1) is 0 Å². The van der Waals surface area contributed by atoms with Crippen molar-refractivity contribution < 1.29 is 18.8 Å². The summed E-state index contributed by atoms with van der Waals surface area (Å²) in [5.41, 5.74) is 2.53. The van der Waals surface area contributed by atoms with E-state index in [2.05, 4.69) is 45.3 Å². The molecule has 2 aromatic carbocycles. The van der Waals surface area contributed by atoms with Gasteiger partial charge in [0, 0.05) is 12.0 Å². The Hall–Kier alpha value is -2.33. The Kier molecular flexibility index (Phi) is 12.0. The first-order valence-electron chi connectivity index (χ1n) is 12.7. The molecule has 2 aromatic rings. The molecule has 0 bridgehead atoms. The fraction of sp³-hybridized carbons (Fsp3) is 0.552. The number of nitrogens with zero attached hydrogens (tertiary/aromatic N) is 1. The molecule has 0 aliphatic heterocycles. The zero-order chi connectivity index (χ0) is 23.9. The number of carbonyl (C=O) groups is 1. The molecule has 0 saturated heterocycles. The maximum atomic E-state index is 12.8. The monoisotopic (exact) mass is 454 g/mol. The van der Waals surface area contributed by atoms with E-state index in [1.165, 1.54) is 49.7 Å². The maximum Gasteiger partial charge on any atom is 0.365 e. The fourth-order valence-corrected chi connectivity index (χ4v) is 4.41. The third-order valence-electron chi connectivity index (χ3n) is 6.25. The van der Waals surface area contributed by atoms with Crippen molar-refractivity contribution >= 4 is 5.97 Å². The summed E-state index contributed by atoms with van der Waals surface area (Å²) < 4.78 is 12.0. The number of unbranched alkanes of at least 4 members (excludes halogenated alkanes) is 5. The van der Waals surface area contributed by atoms with Crippen LogP contribution in [0.1, 0.15) is 69.9 Å². The smallest absolute Gasteiger partial charge is 0.365 e. The van der Waals surface area contributed by atoms with Crippen LogP contribution in [0.15, 0.2) is 54.6 Å². The molecular formula is C29H44NO3+. The third-order valence-corrected chi connectivity index (χ3v) is 6.25. The van der Waals surface area contributed by atoms with E-state index >= 15 is 0 Å². The summed E-state index contributed by atoms with van der Waals surface area (Å²) in [4.78, 5) is 12.8. The lowest BCUT2D eigenvalue weighted by Crippen LogP contribution is -2.52. The normalized spacial score (nSPS) is 12.4. The van der Waals surface area contributed by atoms with Gasteiger partial charge in [0.05, 0.1) is 14.1 Å². The van der Waals surface area contributed by atoms with Crippen LogP contribution in [0.4, 0.5) is 0 Å². The first kappa shape index (κ1) is 26.9. The van der Waals surface area contributed by atoms with Crippen LogP contribution < -0.4 is 4.74 Å². The molecule has 2 rings (SSSR count). The number of quaternary nitrogens is 1. The van der Waals surface area contributed by atoms with E-state index in [-0.39, 0.29) is 18.6 Å². The lowest BCUT2D eigenvalue weighted by atomic mass is 10.0. The Morgan fingerprint density at radius 2 is 1.55 bits per heavy atom. The van der Waals surface area contributed by atoms with Gasteiger partial charge < -0.3 is 14.0 Å². The molecule has 0 amide bonds. The highest BCUT2D eigenvalue weighted by molar-refractivity contribution is 5.74. The Balaban J connectivity index is 1.74. The van der Waals surface area contributed by atoms with Gasteiger partial charge in [-0.15, -0.1) is 0 Å². The fourth-order valence-electron chi connectivity index (χ4n) is 4.41. The molecule has 33 heavy (non-hydrogen) atoms. The summed E-state index contributed by atoms with van der Waals surface area (Å²) in [5.74, 6) is 0.695. The summed E-state index contributed by atoms with van der Waals surface area (Å²) in [6, 6.07) is 18.4. The third kappa shape index (κ3) is 10.00. The van der Waals surface area contributed by atoms with Gasteiger partial charge >= 0.3 is 5.97 Å². The molecule has 0 heterocycles. The molecule has 0 spiro atoms. The highest BCUT2D eigenvalue weighted by Crippen LogP contribution is 2.19. The van der Waals surface area contributed by atoms with E-state index in [0.717, 1.165) is 25.1 Å². The second kappa shape index (κ2) is 14.7. The second-order valence-electron chi connectivity index (χ2n) is 9.53. The summed E-state index contributed by atoms with van der Waals surface area (Å²) in [6.45, 7) is 5.72. The van der Waals surface area contributed by atoms with Crippen molar-refractivity contribution in [1.82, 2.24) is 0 Å². The standard InChI is InChI=1S/C29H44NO3/c1-5-7-8-9-10-12-16-25-19-15-20-27(23-25)32-21-22-33-29(31)28(6-2)30(3,4)24-26-17-13-11-14-18-26/h11,13-15,17-20,23,28H,5-10,12,16,21-22,24H2,1-4H3/q+1. The second-order valence-corrected chi connectivity index (χ2v) is 9.53. The van der Waals surface area contributed by atoms with Crippen LogP contribution in [0.2, 0.25) is 0 Å². The molecule has 0 fully saturated rings. The zero-order valence-corrected chi connectivity index (χ0v) is 21.2. The van der Waals surface area contributed by atoms with Crippen LogP contribution in [0.25, 0.3) is 0 Å². The topological polar surface area (TPSA) is 35.5 Å². The number of hydrogen-bond donors (Lipinski definition) is 0. The van der Waals surface area contributed by atoms with Crippen LogP contribution in [0.5, 0.6) is 5.75 Å². The lowest BCUT2D eigenvalue weighted by Gasteiger charge is -2.36. The zero-order valence-electron chi connectivity index (χ0n) is 21.2. The number of likely N-dealkylation sites (N-methyl/N-ethyl adjacent to an activating group) is 1. The Labute approximate surface area is 201 Å². The van der Waals surface area contributed by atoms with Crippen molar-refractivity contribution in [2.75, 3.05) is 27.3 Å². The van der Waals surface area contributed by atoms with Crippen molar-refractivity contribution in [2.24, 2.45) is 0 Å². The lowest BCUT2D eigenvalue weighted by molar-refractivity contribution is -0.919. The van der Waals surface area contributed by atoms with Gasteiger partial charge in [-0.2, -0.15) is 0 Å². The minimum Gasteiger partial charge on any atom is -0.490 e. The maximum absolute atomic E-state index is 12.8. The molecule has 182 valence electrons. The van der Waals surface area contributed by atoms with Gasteiger partial charge in [0.2, 0.25) is 0 Å². The minimum atomic E-state index is -0.203. The number of aryl methyl sites for hydroxylation is 1. The highest BCUT2D eigenvalue weighted by atomic mass is 16.6. The number of benzene rings is 2. The first-order chi connectivity index (χ1) is 16.0. The van der Waals surface area contributed by atoms with Gasteiger partial charge in [0.15, 0.2) is 6.04 Å². The molecule has 0 saturated carbocycles. The Bertz CT molecular complexity index is 804. The summed E-state index contributed by atoms with van der Waals surface area (Å²) >= 11 is 0. The van der Waals surface area contributed by atoms with Gasteiger partial charge in [0.25, 0.3) is 0 Å². The van der Waals surface area contributed by atoms with E-state index in [4.69, 9.17) is 9.47 Å². The van der Waals surface area contributed by atoms with E-state index in [1.54, 1.807) is 0 Å². The van der Waals surface area contributed by atoms with E-state index in [1.807, 2.05) is 37.3 Å². The SMILES string of the molecule is CCCCCCCCc1cccc(OCCOC(=O)C(CC)[N+](C)(C)Cc2ccccc2)c1. The predicted molar refractivity (Wildman–Crippen MR) is 136 cm³/mol. The van der Waals surface area contributed by atoms with Gasteiger partial charge in [0.1, 0.15) is 25.5 Å². The van der Waals surface area contributed by atoms with Crippen molar-refractivity contribution in [1.29, 1.82) is 0 Å². The number of rotatable bonds is 16. The highest BCUT2D eigenvalue weighted by Gasteiger charge is 2.34. The van der Waals surface area contributed by atoms with E-state index in [9.17, 15) is 4.79 Å².